The Hall–Kier alpha value is -2.18. The molecule has 6 heteroatoms. The average molecular weight is 383 g/mol. The lowest BCUT2D eigenvalue weighted by Gasteiger charge is -2.36. The molecule has 0 saturated carbocycles. The van der Waals surface area contributed by atoms with Gasteiger partial charge in [-0.2, -0.15) is 4.37 Å². The number of rotatable bonds is 2. The van der Waals surface area contributed by atoms with Crippen LogP contribution in [0, 0.1) is 13.8 Å². The Morgan fingerprint density at radius 3 is 2.65 bits per heavy atom. The second-order valence-electron chi connectivity index (χ2n) is 6.72. The lowest BCUT2D eigenvalue weighted by atomic mass is 10.1. The Morgan fingerprint density at radius 2 is 1.85 bits per heavy atom. The Labute approximate surface area is 163 Å². The molecule has 26 heavy (non-hydrogen) atoms. The molecule has 1 aromatic heterocycles. The first kappa shape index (κ1) is 17.2. The van der Waals surface area contributed by atoms with E-state index in [1.54, 1.807) is 11.5 Å². The van der Waals surface area contributed by atoms with Crippen LogP contribution in [0.2, 0.25) is 0 Å². The van der Waals surface area contributed by atoms with Crippen molar-refractivity contribution in [2.24, 2.45) is 0 Å². The molecule has 0 unspecified atom stereocenters. The maximum Gasteiger partial charge on any atom is 0.173 e. The number of thiocarbonyl (C=S) groups is 1. The number of aromatic nitrogens is 1. The monoisotopic (exact) mass is 382 g/mol. The van der Waals surface area contributed by atoms with Crippen molar-refractivity contribution in [3.8, 4) is 0 Å². The predicted molar refractivity (Wildman–Crippen MR) is 116 cm³/mol. The van der Waals surface area contributed by atoms with Crippen LogP contribution in [-0.4, -0.2) is 40.6 Å². The highest BCUT2D eigenvalue weighted by Gasteiger charge is 2.22. The van der Waals surface area contributed by atoms with Gasteiger partial charge in [0.25, 0.3) is 0 Å². The summed E-state index contributed by atoms with van der Waals surface area (Å²) in [6, 6.07) is 14.9. The quantitative estimate of drug-likeness (QED) is 0.663. The molecule has 0 amide bonds. The number of anilines is 2. The van der Waals surface area contributed by atoms with Gasteiger partial charge in [0.1, 0.15) is 5.82 Å². The minimum absolute atomic E-state index is 0.807. The highest BCUT2D eigenvalue weighted by atomic mass is 32.1. The van der Waals surface area contributed by atoms with Crippen molar-refractivity contribution in [1.29, 1.82) is 0 Å². The number of hydrogen-bond donors (Lipinski definition) is 1. The fraction of sp³-hybridized carbons (Fsp3) is 0.300. The van der Waals surface area contributed by atoms with Gasteiger partial charge >= 0.3 is 0 Å². The molecule has 134 valence electrons. The van der Waals surface area contributed by atoms with E-state index in [9.17, 15) is 0 Å². The average Bonchev–Trinajstić information content (AvgIpc) is 3.09. The number of aryl methyl sites for hydroxylation is 2. The van der Waals surface area contributed by atoms with E-state index in [1.807, 2.05) is 0 Å². The molecule has 4 rings (SSSR count). The maximum absolute atomic E-state index is 5.66. The van der Waals surface area contributed by atoms with Gasteiger partial charge in [0.15, 0.2) is 5.11 Å². The third kappa shape index (κ3) is 3.39. The summed E-state index contributed by atoms with van der Waals surface area (Å²) in [7, 11) is 0. The zero-order chi connectivity index (χ0) is 18.1. The molecule has 1 saturated heterocycles. The largest absolute Gasteiger partial charge is 0.352 e. The SMILES string of the molecule is Cc1ccc(C)c(NC(=S)N2CCN(c3nsc4ccccc34)CC2)c1. The number of nitrogens with one attached hydrogen (secondary N) is 1. The van der Waals surface area contributed by atoms with E-state index in [-0.39, 0.29) is 0 Å². The predicted octanol–water partition coefficient (Wildman–Crippen LogP) is 4.43. The van der Waals surface area contributed by atoms with Gasteiger partial charge in [-0.25, -0.2) is 0 Å². The molecule has 3 aromatic rings. The zero-order valence-electron chi connectivity index (χ0n) is 15.0. The molecule has 2 aromatic carbocycles. The summed E-state index contributed by atoms with van der Waals surface area (Å²) < 4.78 is 5.93. The summed E-state index contributed by atoms with van der Waals surface area (Å²) in [5.41, 5.74) is 3.55. The van der Waals surface area contributed by atoms with Crippen LogP contribution in [0.5, 0.6) is 0 Å². The normalized spacial score (nSPS) is 14.7. The van der Waals surface area contributed by atoms with E-state index in [1.165, 1.54) is 21.2 Å². The highest BCUT2D eigenvalue weighted by Crippen LogP contribution is 2.30. The molecule has 1 fully saturated rings. The molecule has 0 radical (unpaired) electrons. The van der Waals surface area contributed by atoms with Gasteiger partial charge in [-0.3, -0.25) is 0 Å². The fourth-order valence-electron chi connectivity index (χ4n) is 3.29. The number of piperazine rings is 1. The molecule has 1 aliphatic rings. The molecular weight excluding hydrogens is 360 g/mol. The van der Waals surface area contributed by atoms with Gasteiger partial charge in [-0.1, -0.05) is 24.3 Å². The first-order valence-corrected chi connectivity index (χ1v) is 10.0. The first-order chi connectivity index (χ1) is 12.6. The Morgan fingerprint density at radius 1 is 1.08 bits per heavy atom. The third-order valence-corrected chi connectivity index (χ3v) is 6.04. The van der Waals surface area contributed by atoms with Gasteiger partial charge < -0.3 is 15.1 Å². The van der Waals surface area contributed by atoms with E-state index < -0.39 is 0 Å². The highest BCUT2D eigenvalue weighted by molar-refractivity contribution is 7.80. The molecule has 0 atom stereocenters. The van der Waals surface area contributed by atoms with Crippen LogP contribution in [-0.2, 0) is 0 Å². The molecule has 0 aliphatic carbocycles. The summed E-state index contributed by atoms with van der Waals surface area (Å²) in [4.78, 5) is 4.62. The van der Waals surface area contributed by atoms with E-state index in [2.05, 4.69) is 75.8 Å². The van der Waals surface area contributed by atoms with Crippen molar-refractivity contribution in [2.45, 2.75) is 13.8 Å². The van der Waals surface area contributed by atoms with Crippen LogP contribution in [0.1, 0.15) is 11.1 Å². The van der Waals surface area contributed by atoms with Gasteiger partial charge in [0.2, 0.25) is 0 Å². The molecule has 0 bridgehead atoms. The molecular formula is C20H22N4S2. The van der Waals surface area contributed by atoms with Crippen molar-refractivity contribution < 1.29 is 0 Å². The smallest absolute Gasteiger partial charge is 0.173 e. The summed E-state index contributed by atoms with van der Waals surface area (Å²) >= 11 is 7.23. The minimum Gasteiger partial charge on any atom is -0.352 e. The second-order valence-corrected chi connectivity index (χ2v) is 7.92. The van der Waals surface area contributed by atoms with Crippen LogP contribution >= 0.6 is 23.8 Å². The Kier molecular flexibility index (Phi) is 4.78. The third-order valence-electron chi connectivity index (χ3n) is 4.86. The maximum atomic E-state index is 5.66. The number of benzene rings is 2. The summed E-state index contributed by atoms with van der Waals surface area (Å²) in [6.07, 6.45) is 0. The van der Waals surface area contributed by atoms with Gasteiger partial charge in [-0.15, -0.1) is 0 Å². The number of nitrogens with zero attached hydrogens (tertiary/aromatic N) is 3. The number of fused-ring (bicyclic) bond motifs is 1. The van der Waals surface area contributed by atoms with Crippen LogP contribution < -0.4 is 10.2 Å². The summed E-state index contributed by atoms with van der Waals surface area (Å²) in [5, 5.41) is 5.48. The molecule has 1 aliphatic heterocycles. The van der Waals surface area contributed by atoms with Crippen molar-refractivity contribution >= 4 is 50.5 Å². The van der Waals surface area contributed by atoms with Crippen LogP contribution in [0.25, 0.3) is 10.1 Å². The van der Waals surface area contributed by atoms with Crippen molar-refractivity contribution in [3.63, 3.8) is 0 Å². The summed E-state index contributed by atoms with van der Waals surface area (Å²) in [5.74, 6) is 1.11. The van der Waals surface area contributed by atoms with E-state index in [0.717, 1.165) is 42.8 Å². The van der Waals surface area contributed by atoms with E-state index in [0.29, 0.717) is 0 Å². The second kappa shape index (κ2) is 7.21. The fourth-order valence-corrected chi connectivity index (χ4v) is 4.38. The molecule has 2 heterocycles. The molecule has 0 spiro atoms. The lowest BCUT2D eigenvalue weighted by molar-refractivity contribution is 0.390. The Balaban J connectivity index is 1.41. The van der Waals surface area contributed by atoms with Gasteiger partial charge in [0.05, 0.1) is 4.70 Å². The lowest BCUT2D eigenvalue weighted by Crippen LogP contribution is -2.50. The topological polar surface area (TPSA) is 31.4 Å². The molecule has 1 N–H and O–H groups in total. The van der Waals surface area contributed by atoms with Crippen molar-refractivity contribution in [1.82, 2.24) is 9.27 Å². The van der Waals surface area contributed by atoms with Crippen LogP contribution in [0.15, 0.2) is 42.5 Å². The van der Waals surface area contributed by atoms with Gasteiger partial charge in [0, 0.05) is 37.3 Å². The van der Waals surface area contributed by atoms with Crippen molar-refractivity contribution in [3.05, 3.63) is 53.6 Å². The standard InChI is InChI=1S/C20H22N4S2/c1-14-7-8-15(2)17(13-14)21-20(25)24-11-9-23(10-12-24)19-16-5-3-4-6-18(16)26-22-19/h3-8,13H,9-12H2,1-2H3,(H,21,25). The minimum atomic E-state index is 0.807. The van der Waals surface area contributed by atoms with Crippen LogP contribution in [0.4, 0.5) is 11.5 Å². The van der Waals surface area contributed by atoms with Crippen molar-refractivity contribution in [2.75, 3.05) is 36.4 Å². The molecule has 4 nitrogen and oxygen atoms in total. The number of hydrogen-bond acceptors (Lipinski definition) is 4. The van der Waals surface area contributed by atoms with E-state index in [4.69, 9.17) is 12.2 Å². The van der Waals surface area contributed by atoms with E-state index >= 15 is 0 Å². The van der Waals surface area contributed by atoms with Crippen LogP contribution in [0.3, 0.4) is 0 Å². The Bertz CT molecular complexity index is 942. The first-order valence-electron chi connectivity index (χ1n) is 8.84. The van der Waals surface area contributed by atoms with Gasteiger partial charge in [-0.05, 0) is 66.9 Å². The zero-order valence-corrected chi connectivity index (χ0v) is 16.7. The summed E-state index contributed by atoms with van der Waals surface area (Å²) in [6.45, 7) is 7.89.